The van der Waals surface area contributed by atoms with Gasteiger partial charge in [0.2, 0.25) is 0 Å². The Bertz CT molecular complexity index is 522. The minimum atomic E-state index is 1.10. The van der Waals surface area contributed by atoms with Gasteiger partial charge in [0.15, 0.2) is 0 Å². The molecule has 0 saturated heterocycles. The van der Waals surface area contributed by atoms with Crippen molar-refractivity contribution >= 4 is 0 Å². The van der Waals surface area contributed by atoms with Crippen LogP contribution >= 0.6 is 0 Å². The van der Waals surface area contributed by atoms with Crippen molar-refractivity contribution in [2.45, 2.75) is 201 Å². The fourth-order valence-corrected chi connectivity index (χ4v) is 5.70. The van der Waals surface area contributed by atoms with Gasteiger partial charge in [-0.15, -0.1) is 6.58 Å². The van der Waals surface area contributed by atoms with Crippen LogP contribution in [0.15, 0.2) is 36.0 Å². The van der Waals surface area contributed by atoms with E-state index >= 15 is 0 Å². The zero-order valence-electron chi connectivity index (χ0n) is 27.0. The molecule has 0 fully saturated rings. The maximum Gasteiger partial charge on any atom is 0.00455 e. The number of rotatable bonds is 30. The van der Waals surface area contributed by atoms with E-state index < -0.39 is 0 Å². The van der Waals surface area contributed by atoms with Crippen LogP contribution in [0.5, 0.6) is 0 Å². The summed E-state index contributed by atoms with van der Waals surface area (Å²) in [6.07, 6.45) is 43.6. The van der Waals surface area contributed by atoms with E-state index in [0.717, 1.165) is 6.42 Å². The van der Waals surface area contributed by atoms with Crippen LogP contribution in [0.4, 0.5) is 0 Å². The maximum absolute atomic E-state index is 4.19. The molecule has 1 radical (unpaired) electrons. The third-order valence-corrected chi connectivity index (χ3v) is 8.18. The molecule has 0 aliphatic heterocycles. The Hall–Kier alpha value is -0.780. The highest BCUT2D eigenvalue weighted by Gasteiger charge is 2.18. The fraction of sp³-hybridized carbons (Fsp3) is 0.816. The molecule has 0 amide bonds. The van der Waals surface area contributed by atoms with Crippen molar-refractivity contribution in [2.75, 3.05) is 0 Å². The van der Waals surface area contributed by atoms with Gasteiger partial charge < -0.3 is 0 Å². The molecule has 223 valence electrons. The molecule has 0 atom stereocenters. The highest BCUT2D eigenvalue weighted by Crippen LogP contribution is 2.35. The van der Waals surface area contributed by atoms with Crippen LogP contribution in [-0.2, 0) is 0 Å². The van der Waals surface area contributed by atoms with Gasteiger partial charge in [0.05, 0.1) is 0 Å². The Morgan fingerprint density at radius 2 is 0.868 bits per heavy atom. The summed E-state index contributed by atoms with van der Waals surface area (Å²) in [6.45, 7) is 13.5. The lowest BCUT2D eigenvalue weighted by Crippen LogP contribution is -2.07. The molecule has 0 rings (SSSR count). The summed E-state index contributed by atoms with van der Waals surface area (Å²) in [5.41, 5.74) is 3.65. The van der Waals surface area contributed by atoms with E-state index in [4.69, 9.17) is 0 Å². The molecule has 0 N–H and O–H groups in total. The number of hydrogen-bond donors (Lipinski definition) is 0. The lowest BCUT2D eigenvalue weighted by Gasteiger charge is -2.24. The van der Waals surface area contributed by atoms with Crippen molar-refractivity contribution in [3.63, 3.8) is 0 Å². The summed E-state index contributed by atoms with van der Waals surface area (Å²) < 4.78 is 0. The molecule has 0 nitrogen and oxygen atoms in total. The Kier molecular flexibility index (Phi) is 30.1. The molecule has 0 aromatic carbocycles. The van der Waals surface area contributed by atoms with Crippen molar-refractivity contribution in [2.24, 2.45) is 0 Å². The summed E-state index contributed by atoms with van der Waals surface area (Å²) in [5, 5.41) is 0. The third-order valence-electron chi connectivity index (χ3n) is 8.18. The summed E-state index contributed by atoms with van der Waals surface area (Å²) in [5.74, 6) is 1.75. The molecule has 38 heavy (non-hydrogen) atoms. The Balaban J connectivity index is 5.29. The Morgan fingerprint density at radius 1 is 0.447 bits per heavy atom. The topological polar surface area (TPSA) is 0 Å². The van der Waals surface area contributed by atoms with Gasteiger partial charge in [-0.1, -0.05) is 160 Å². The highest BCUT2D eigenvalue weighted by molar-refractivity contribution is 5.31. The van der Waals surface area contributed by atoms with Crippen molar-refractivity contribution in [3.05, 3.63) is 41.9 Å². The first-order valence-corrected chi connectivity index (χ1v) is 17.6. The van der Waals surface area contributed by atoms with Gasteiger partial charge in [0.1, 0.15) is 0 Å². The molecule has 0 heteroatoms. The second kappa shape index (κ2) is 30.8. The van der Waals surface area contributed by atoms with E-state index in [1.807, 2.05) is 11.1 Å². The Labute approximate surface area is 242 Å². The lowest BCUT2D eigenvalue weighted by atomic mass is 9.81. The smallest absolute Gasteiger partial charge is 0.00455 e. The second-order valence-corrected chi connectivity index (χ2v) is 11.9. The van der Waals surface area contributed by atoms with Gasteiger partial charge in [-0.3, -0.25) is 0 Å². The van der Waals surface area contributed by atoms with Gasteiger partial charge in [0.25, 0.3) is 0 Å². The van der Waals surface area contributed by atoms with E-state index in [0.29, 0.717) is 0 Å². The van der Waals surface area contributed by atoms with Crippen LogP contribution < -0.4 is 0 Å². The van der Waals surface area contributed by atoms with Crippen LogP contribution in [0.2, 0.25) is 0 Å². The standard InChI is InChI=1S/C38H71/c1-6-11-15-19-21-23-25-29-32-36(31-10-5)38(35-30-26-24-22-20-16-12-7-2)37(33-27-17-13-8-3)34-28-18-14-9-4/h10,19,21H,5-9,11-18,20,22-35H2,1-4H3. The molecule has 0 aromatic rings. The Morgan fingerprint density at radius 3 is 1.39 bits per heavy atom. The molecule has 0 heterocycles. The second-order valence-electron chi connectivity index (χ2n) is 11.9. The van der Waals surface area contributed by atoms with E-state index in [9.17, 15) is 0 Å². The van der Waals surface area contributed by atoms with E-state index in [1.165, 1.54) is 167 Å². The van der Waals surface area contributed by atoms with Crippen LogP contribution in [0, 0.1) is 5.92 Å². The lowest BCUT2D eigenvalue weighted by molar-refractivity contribution is 0.565. The molecule has 0 unspecified atom stereocenters. The number of hydrogen-bond acceptors (Lipinski definition) is 0. The first-order chi connectivity index (χ1) is 18.7. The molecule has 0 bridgehead atoms. The first kappa shape index (κ1) is 37.2. The van der Waals surface area contributed by atoms with Crippen LogP contribution in [0.25, 0.3) is 0 Å². The fourth-order valence-electron chi connectivity index (χ4n) is 5.70. The normalized spacial score (nSPS) is 11.6. The number of unbranched alkanes of at least 4 members (excludes halogenated alkanes) is 17. The molecular weight excluding hydrogens is 456 g/mol. The predicted octanol–water partition coefficient (Wildman–Crippen LogP) is 14.2. The van der Waals surface area contributed by atoms with Gasteiger partial charge in [-0.05, 0) is 70.6 Å². The van der Waals surface area contributed by atoms with Crippen molar-refractivity contribution in [1.29, 1.82) is 0 Å². The minimum Gasteiger partial charge on any atom is -0.103 e. The van der Waals surface area contributed by atoms with Crippen molar-refractivity contribution < 1.29 is 0 Å². The van der Waals surface area contributed by atoms with Gasteiger partial charge in [-0.25, -0.2) is 0 Å². The minimum absolute atomic E-state index is 1.10. The van der Waals surface area contributed by atoms with Crippen molar-refractivity contribution in [3.8, 4) is 0 Å². The molecule has 0 aromatic heterocycles. The molecule has 0 aliphatic rings. The molecular formula is C38H71. The average molecular weight is 528 g/mol. The first-order valence-electron chi connectivity index (χ1n) is 17.6. The van der Waals surface area contributed by atoms with E-state index in [-0.39, 0.29) is 0 Å². The van der Waals surface area contributed by atoms with Crippen LogP contribution in [0.1, 0.15) is 201 Å². The third kappa shape index (κ3) is 23.1. The van der Waals surface area contributed by atoms with Gasteiger partial charge >= 0.3 is 0 Å². The van der Waals surface area contributed by atoms with Crippen LogP contribution in [-0.4, -0.2) is 0 Å². The zero-order valence-corrected chi connectivity index (χ0v) is 27.0. The van der Waals surface area contributed by atoms with Gasteiger partial charge in [0, 0.05) is 5.92 Å². The molecule has 0 spiro atoms. The highest BCUT2D eigenvalue weighted by atomic mass is 14.2. The summed E-state index contributed by atoms with van der Waals surface area (Å²) in [6, 6.07) is 0. The summed E-state index contributed by atoms with van der Waals surface area (Å²) >= 11 is 0. The number of allylic oxidation sites excluding steroid dienone is 5. The summed E-state index contributed by atoms with van der Waals surface area (Å²) in [7, 11) is 0. The van der Waals surface area contributed by atoms with E-state index in [1.54, 1.807) is 5.92 Å². The SMILES string of the molecule is C=CC[C](CCCCC=CCCCC)C(CCCCCCCCCC)=C(CCCCCC)CCCCCC. The predicted molar refractivity (Wildman–Crippen MR) is 177 cm³/mol. The van der Waals surface area contributed by atoms with Crippen molar-refractivity contribution in [1.82, 2.24) is 0 Å². The van der Waals surface area contributed by atoms with Gasteiger partial charge in [-0.2, -0.15) is 0 Å². The van der Waals surface area contributed by atoms with Crippen LogP contribution in [0.3, 0.4) is 0 Å². The average Bonchev–Trinajstić information content (AvgIpc) is 2.92. The molecule has 0 aliphatic carbocycles. The quantitative estimate of drug-likeness (QED) is 0.0643. The zero-order chi connectivity index (χ0) is 27.9. The largest absolute Gasteiger partial charge is 0.103 e. The van der Waals surface area contributed by atoms with E-state index in [2.05, 4.69) is 52.5 Å². The summed E-state index contributed by atoms with van der Waals surface area (Å²) in [4.78, 5) is 0. The molecule has 0 saturated carbocycles. The maximum atomic E-state index is 4.19. The monoisotopic (exact) mass is 528 g/mol.